The number of Topliss-reactive ketones (excluding diaryl/α,β-unsaturated/α-hetero) is 1. The fraction of sp³-hybridized carbons (Fsp3) is 0.300. The summed E-state index contributed by atoms with van der Waals surface area (Å²) >= 11 is 0. The second-order valence-corrected chi connectivity index (χ2v) is 5.86. The number of carbonyl (C=O) groups is 1. The van der Waals surface area contributed by atoms with Crippen molar-refractivity contribution < 1.29 is 17.2 Å². The lowest BCUT2D eigenvalue weighted by atomic mass is 10.0. The zero-order chi connectivity index (χ0) is 15.9. The van der Waals surface area contributed by atoms with E-state index in [0.29, 0.717) is 6.54 Å². The summed E-state index contributed by atoms with van der Waals surface area (Å²) in [5.74, 6) is 1.09. The normalized spacial score (nSPS) is 14.1. The first-order valence-corrected chi connectivity index (χ1v) is 8.29. The van der Waals surface area contributed by atoms with E-state index in [0.717, 1.165) is 48.3 Å². The minimum Gasteiger partial charge on any atom is -1.00 e. The van der Waals surface area contributed by atoms with Gasteiger partial charge in [-0.25, -0.2) is 0 Å². The number of amidine groups is 1. The number of nitrogens with zero attached hydrogens (tertiary/aromatic N) is 1. The molecule has 1 heterocycles. The van der Waals surface area contributed by atoms with Crippen molar-refractivity contribution in [1.82, 2.24) is 5.32 Å². The van der Waals surface area contributed by atoms with Crippen LogP contribution >= 0.6 is 0 Å². The summed E-state index contributed by atoms with van der Waals surface area (Å²) in [6, 6.07) is 18.0. The van der Waals surface area contributed by atoms with Gasteiger partial charge in [-0.3, -0.25) is 9.79 Å². The van der Waals surface area contributed by atoms with Crippen LogP contribution in [-0.2, 0) is 0 Å². The Balaban J connectivity index is 0.00000208. The smallest absolute Gasteiger partial charge is 0.181 e. The Kier molecular flexibility index (Phi) is 7.01. The summed E-state index contributed by atoms with van der Waals surface area (Å²) < 4.78 is 0. The number of ketones is 1. The molecule has 2 aromatic rings. The average molecular weight is 342 g/mol. The molecule has 0 fully saturated rings. The lowest BCUT2D eigenvalue weighted by molar-refractivity contribution is -0.0000123. The van der Waals surface area contributed by atoms with Crippen LogP contribution in [0.15, 0.2) is 59.6 Å². The maximum absolute atomic E-state index is 12.3. The summed E-state index contributed by atoms with van der Waals surface area (Å²) in [6.07, 6.45) is 4.50. The number of hydrogen-bond donors (Lipinski definition) is 1. The lowest BCUT2D eigenvalue weighted by Gasteiger charge is -2.08. The van der Waals surface area contributed by atoms with Crippen LogP contribution in [0.3, 0.4) is 0 Å². The Labute approximate surface area is 149 Å². The van der Waals surface area contributed by atoms with Crippen molar-refractivity contribution >= 4 is 11.6 Å². The second kappa shape index (κ2) is 9.24. The van der Waals surface area contributed by atoms with Crippen LogP contribution in [0.2, 0.25) is 0 Å². The van der Waals surface area contributed by atoms with E-state index < -0.39 is 0 Å². The third-order valence-electron chi connectivity index (χ3n) is 4.14. The van der Waals surface area contributed by atoms with E-state index in [-0.39, 0.29) is 18.2 Å². The van der Waals surface area contributed by atoms with Crippen molar-refractivity contribution in [3.63, 3.8) is 0 Å². The molecule has 0 bridgehead atoms. The number of carbonyl (C=O) groups excluding carboxylic acids is 1. The Hall–Kier alpha value is -2.13. The standard InChI is InChI=1S/C20H22N2O.ClH/c23-19(15-22-20-9-5-2-6-14-21-20)18-12-10-17(11-13-18)16-7-3-1-4-8-16;/h1,3-4,7-8,10-13H,2,5-6,9,14-15H2,(H,21,22);1H/p-1. The molecule has 1 aliphatic rings. The monoisotopic (exact) mass is 341 g/mol. The van der Waals surface area contributed by atoms with E-state index in [1.165, 1.54) is 6.42 Å². The fourth-order valence-corrected chi connectivity index (χ4v) is 2.78. The number of benzene rings is 2. The van der Waals surface area contributed by atoms with Crippen LogP contribution in [0.1, 0.15) is 36.0 Å². The molecule has 0 aromatic heterocycles. The number of halogens is 1. The highest BCUT2D eigenvalue weighted by Crippen LogP contribution is 2.19. The first-order valence-electron chi connectivity index (χ1n) is 8.29. The topological polar surface area (TPSA) is 41.5 Å². The fourth-order valence-electron chi connectivity index (χ4n) is 2.78. The van der Waals surface area contributed by atoms with Gasteiger partial charge in [0.15, 0.2) is 5.78 Å². The molecule has 2 aromatic carbocycles. The predicted molar refractivity (Wildman–Crippen MR) is 95.0 cm³/mol. The Bertz CT molecular complexity index is 681. The number of rotatable bonds is 4. The maximum Gasteiger partial charge on any atom is 0.181 e. The summed E-state index contributed by atoms with van der Waals surface area (Å²) in [5, 5.41) is 3.21. The first kappa shape index (κ1) is 18.2. The molecule has 1 aliphatic heterocycles. The summed E-state index contributed by atoms with van der Waals surface area (Å²) in [5.41, 5.74) is 3.03. The van der Waals surface area contributed by atoms with Crippen molar-refractivity contribution in [2.45, 2.75) is 25.7 Å². The van der Waals surface area contributed by atoms with Gasteiger partial charge in [0.2, 0.25) is 0 Å². The summed E-state index contributed by atoms with van der Waals surface area (Å²) in [7, 11) is 0. The maximum atomic E-state index is 12.3. The highest BCUT2D eigenvalue weighted by molar-refractivity contribution is 6.00. The van der Waals surface area contributed by atoms with Crippen LogP contribution in [-0.4, -0.2) is 24.7 Å². The van der Waals surface area contributed by atoms with E-state index in [4.69, 9.17) is 0 Å². The largest absolute Gasteiger partial charge is 1.00 e. The van der Waals surface area contributed by atoms with Gasteiger partial charge in [-0.2, -0.15) is 0 Å². The van der Waals surface area contributed by atoms with Crippen LogP contribution in [0.25, 0.3) is 11.1 Å². The van der Waals surface area contributed by atoms with Gasteiger partial charge in [-0.05, 0) is 24.0 Å². The molecule has 0 spiro atoms. The Morgan fingerprint density at radius 3 is 2.38 bits per heavy atom. The molecule has 1 N–H and O–H groups in total. The van der Waals surface area contributed by atoms with Gasteiger partial charge in [0.05, 0.1) is 12.4 Å². The van der Waals surface area contributed by atoms with Gasteiger partial charge in [-0.15, -0.1) is 0 Å². The van der Waals surface area contributed by atoms with Crippen LogP contribution in [0.4, 0.5) is 0 Å². The molecule has 0 aliphatic carbocycles. The quantitative estimate of drug-likeness (QED) is 0.846. The first-order chi connectivity index (χ1) is 11.3. The zero-order valence-electron chi connectivity index (χ0n) is 13.7. The van der Waals surface area contributed by atoms with E-state index in [2.05, 4.69) is 22.4 Å². The summed E-state index contributed by atoms with van der Waals surface area (Å²) in [4.78, 5) is 16.8. The molecule has 0 unspecified atom stereocenters. The van der Waals surface area contributed by atoms with E-state index in [1.807, 2.05) is 42.5 Å². The molecule has 4 heteroatoms. The molecule has 0 atom stereocenters. The van der Waals surface area contributed by atoms with Crippen LogP contribution in [0, 0.1) is 0 Å². The Morgan fingerprint density at radius 1 is 0.917 bits per heavy atom. The minimum atomic E-state index is 0. The van der Waals surface area contributed by atoms with E-state index in [9.17, 15) is 4.79 Å². The molecular formula is C20H22ClN2O-. The highest BCUT2D eigenvalue weighted by atomic mass is 35.5. The molecule has 126 valence electrons. The third kappa shape index (κ3) is 4.93. The van der Waals surface area contributed by atoms with Crippen molar-refractivity contribution in [1.29, 1.82) is 0 Å². The van der Waals surface area contributed by atoms with E-state index >= 15 is 0 Å². The third-order valence-corrected chi connectivity index (χ3v) is 4.14. The van der Waals surface area contributed by atoms with E-state index in [1.54, 1.807) is 0 Å². The molecule has 24 heavy (non-hydrogen) atoms. The number of hydrogen-bond acceptors (Lipinski definition) is 3. The minimum absolute atomic E-state index is 0. The lowest BCUT2D eigenvalue weighted by Crippen LogP contribution is -3.00. The van der Waals surface area contributed by atoms with Gasteiger partial charge >= 0.3 is 0 Å². The van der Waals surface area contributed by atoms with Crippen molar-refractivity contribution in [2.75, 3.05) is 13.1 Å². The van der Waals surface area contributed by atoms with Crippen molar-refractivity contribution in [3.8, 4) is 11.1 Å². The van der Waals surface area contributed by atoms with Gasteiger partial charge < -0.3 is 17.7 Å². The second-order valence-electron chi connectivity index (χ2n) is 5.86. The van der Waals surface area contributed by atoms with Crippen LogP contribution < -0.4 is 17.7 Å². The summed E-state index contributed by atoms with van der Waals surface area (Å²) in [6.45, 7) is 1.20. The molecular weight excluding hydrogens is 320 g/mol. The predicted octanol–water partition coefficient (Wildman–Crippen LogP) is 1.10. The average Bonchev–Trinajstić information content (AvgIpc) is 2.89. The Morgan fingerprint density at radius 2 is 1.62 bits per heavy atom. The number of nitrogens with one attached hydrogen (secondary N) is 1. The van der Waals surface area contributed by atoms with Gasteiger partial charge in [0.25, 0.3) is 0 Å². The molecule has 0 saturated heterocycles. The molecule has 3 rings (SSSR count). The van der Waals surface area contributed by atoms with Gasteiger partial charge in [0, 0.05) is 18.5 Å². The highest BCUT2D eigenvalue weighted by Gasteiger charge is 2.09. The van der Waals surface area contributed by atoms with Crippen molar-refractivity contribution in [3.05, 3.63) is 60.2 Å². The molecule has 0 saturated carbocycles. The number of aliphatic imine (C=N–C) groups is 1. The molecule has 3 nitrogen and oxygen atoms in total. The van der Waals surface area contributed by atoms with Crippen LogP contribution in [0.5, 0.6) is 0 Å². The zero-order valence-corrected chi connectivity index (χ0v) is 14.4. The van der Waals surface area contributed by atoms with Gasteiger partial charge in [-0.1, -0.05) is 61.0 Å². The molecule has 0 amide bonds. The van der Waals surface area contributed by atoms with Gasteiger partial charge in [0.1, 0.15) is 0 Å². The SMILES string of the molecule is O=C(CNC1=NCCCCC1)c1ccc(-c2ccccc2)cc1.[Cl-]. The molecule has 0 radical (unpaired) electrons. The van der Waals surface area contributed by atoms with Crippen molar-refractivity contribution in [2.24, 2.45) is 4.99 Å².